The molecule has 0 fully saturated rings. The summed E-state index contributed by atoms with van der Waals surface area (Å²) < 4.78 is 0. The quantitative estimate of drug-likeness (QED) is 0.746. The Kier molecular flexibility index (Phi) is 2.97. The van der Waals surface area contributed by atoms with E-state index in [2.05, 4.69) is 16.0 Å². The van der Waals surface area contributed by atoms with Gasteiger partial charge in [-0.15, -0.1) is 0 Å². The van der Waals surface area contributed by atoms with Crippen molar-refractivity contribution < 1.29 is 5.11 Å². The fraction of sp³-hybridized carbons (Fsp3) is 0.125. The lowest BCUT2D eigenvalue weighted by Crippen LogP contribution is -1.92. The zero-order valence-electron chi connectivity index (χ0n) is 11.0. The third-order valence-corrected chi connectivity index (χ3v) is 3.22. The van der Waals surface area contributed by atoms with E-state index in [1.807, 2.05) is 36.4 Å². The van der Waals surface area contributed by atoms with Gasteiger partial charge in [0.2, 0.25) is 0 Å². The second kappa shape index (κ2) is 4.80. The van der Waals surface area contributed by atoms with Gasteiger partial charge in [0, 0.05) is 0 Å². The predicted molar refractivity (Wildman–Crippen MR) is 76.9 cm³/mol. The molecule has 2 aromatic carbocycles. The van der Waals surface area contributed by atoms with Gasteiger partial charge < -0.3 is 10.1 Å². The third-order valence-electron chi connectivity index (χ3n) is 3.22. The number of rotatable bonds is 2. The highest BCUT2D eigenvalue weighted by Crippen LogP contribution is 2.25. The molecule has 20 heavy (non-hydrogen) atoms. The van der Waals surface area contributed by atoms with Crippen LogP contribution in [-0.4, -0.2) is 15.1 Å². The van der Waals surface area contributed by atoms with Crippen molar-refractivity contribution in [1.82, 2.24) is 9.97 Å². The maximum atomic E-state index is 9.55. The molecule has 98 valence electrons. The van der Waals surface area contributed by atoms with Gasteiger partial charge in [-0.05, 0) is 42.3 Å². The summed E-state index contributed by atoms with van der Waals surface area (Å²) in [6, 6.07) is 15.5. The Hall–Kier alpha value is -2.64. The van der Waals surface area contributed by atoms with Crippen LogP contribution in [0.5, 0.6) is 0 Å². The van der Waals surface area contributed by atoms with Gasteiger partial charge in [0.15, 0.2) is 0 Å². The van der Waals surface area contributed by atoms with Gasteiger partial charge in [-0.1, -0.05) is 18.2 Å². The van der Waals surface area contributed by atoms with Crippen LogP contribution in [0.15, 0.2) is 42.5 Å². The van der Waals surface area contributed by atoms with Gasteiger partial charge in [-0.2, -0.15) is 5.26 Å². The van der Waals surface area contributed by atoms with E-state index in [4.69, 9.17) is 5.26 Å². The van der Waals surface area contributed by atoms with Crippen LogP contribution in [0.4, 0.5) is 0 Å². The van der Waals surface area contributed by atoms with E-state index < -0.39 is 6.10 Å². The first-order valence-electron chi connectivity index (χ1n) is 6.35. The van der Waals surface area contributed by atoms with E-state index >= 15 is 0 Å². The van der Waals surface area contributed by atoms with Crippen molar-refractivity contribution in [1.29, 1.82) is 5.26 Å². The third kappa shape index (κ3) is 2.15. The Morgan fingerprint density at radius 2 is 2.00 bits per heavy atom. The lowest BCUT2D eigenvalue weighted by atomic mass is 10.0. The highest BCUT2D eigenvalue weighted by atomic mass is 16.3. The van der Waals surface area contributed by atoms with Crippen LogP contribution in [0.3, 0.4) is 0 Å². The van der Waals surface area contributed by atoms with E-state index in [0.717, 1.165) is 22.2 Å². The molecule has 3 aromatic rings. The summed E-state index contributed by atoms with van der Waals surface area (Å²) in [4.78, 5) is 7.43. The zero-order chi connectivity index (χ0) is 14.1. The van der Waals surface area contributed by atoms with Crippen LogP contribution in [0.2, 0.25) is 0 Å². The van der Waals surface area contributed by atoms with E-state index in [9.17, 15) is 5.11 Å². The molecule has 0 radical (unpaired) electrons. The van der Waals surface area contributed by atoms with Crippen molar-refractivity contribution in [2.45, 2.75) is 13.0 Å². The molecule has 0 spiro atoms. The largest absolute Gasteiger partial charge is 0.385 e. The molecule has 4 heteroatoms. The first-order chi connectivity index (χ1) is 9.67. The maximum Gasteiger partial charge on any atom is 0.135 e. The smallest absolute Gasteiger partial charge is 0.135 e. The van der Waals surface area contributed by atoms with Crippen LogP contribution >= 0.6 is 0 Å². The van der Waals surface area contributed by atoms with Crippen LogP contribution in [0.1, 0.15) is 24.4 Å². The Balaban J connectivity index is 2.10. The standard InChI is InChI=1S/C16H13N3O/c1-10(20)16-18-14-6-5-13(8-15(14)19-16)12-4-2-3-11(7-12)9-17/h2-8,10,20H,1H3,(H,18,19)/t10-/m1/s1. The second-order valence-corrected chi connectivity index (χ2v) is 4.72. The number of nitrogens with zero attached hydrogens (tertiary/aromatic N) is 2. The molecule has 4 nitrogen and oxygen atoms in total. The first kappa shape index (κ1) is 12.4. The van der Waals surface area contributed by atoms with Crippen molar-refractivity contribution in [3.8, 4) is 17.2 Å². The number of hydrogen-bond acceptors (Lipinski definition) is 3. The molecular formula is C16H13N3O. The molecule has 2 N–H and O–H groups in total. The molecule has 0 aliphatic heterocycles. The van der Waals surface area contributed by atoms with Gasteiger partial charge in [0.25, 0.3) is 0 Å². The van der Waals surface area contributed by atoms with E-state index in [-0.39, 0.29) is 0 Å². The zero-order valence-corrected chi connectivity index (χ0v) is 11.0. The first-order valence-corrected chi connectivity index (χ1v) is 6.35. The summed E-state index contributed by atoms with van der Waals surface area (Å²) in [7, 11) is 0. The molecule has 0 unspecified atom stereocenters. The molecular weight excluding hydrogens is 250 g/mol. The Morgan fingerprint density at radius 3 is 2.75 bits per heavy atom. The minimum atomic E-state index is -0.618. The number of H-pyrrole nitrogens is 1. The summed E-state index contributed by atoms with van der Waals surface area (Å²) in [5.41, 5.74) is 4.33. The highest BCUT2D eigenvalue weighted by Gasteiger charge is 2.08. The predicted octanol–water partition coefficient (Wildman–Crippen LogP) is 3.15. The molecule has 0 bridgehead atoms. The fourth-order valence-corrected chi connectivity index (χ4v) is 2.18. The molecule has 1 heterocycles. The molecule has 0 amide bonds. The van der Waals surface area contributed by atoms with Crippen LogP contribution in [-0.2, 0) is 0 Å². The summed E-state index contributed by atoms with van der Waals surface area (Å²) in [5.74, 6) is 0.558. The van der Waals surface area contributed by atoms with Gasteiger partial charge in [-0.3, -0.25) is 0 Å². The molecule has 1 aromatic heterocycles. The number of nitriles is 1. The molecule has 0 saturated heterocycles. The number of hydrogen-bond donors (Lipinski definition) is 2. The number of nitrogens with one attached hydrogen (secondary N) is 1. The summed E-state index contributed by atoms with van der Waals surface area (Å²) in [5, 5.41) is 18.5. The number of benzene rings is 2. The maximum absolute atomic E-state index is 9.55. The van der Waals surface area contributed by atoms with Crippen molar-refractivity contribution in [2.24, 2.45) is 0 Å². The average molecular weight is 263 g/mol. The molecule has 0 saturated carbocycles. The lowest BCUT2D eigenvalue weighted by Gasteiger charge is -2.01. The highest BCUT2D eigenvalue weighted by molar-refractivity contribution is 5.82. The number of fused-ring (bicyclic) bond motifs is 1. The van der Waals surface area contributed by atoms with Crippen molar-refractivity contribution >= 4 is 11.0 Å². The van der Waals surface area contributed by atoms with Crippen molar-refractivity contribution in [3.05, 3.63) is 53.9 Å². The lowest BCUT2D eigenvalue weighted by molar-refractivity contribution is 0.190. The van der Waals surface area contributed by atoms with Gasteiger partial charge in [0.1, 0.15) is 11.9 Å². The van der Waals surface area contributed by atoms with Crippen LogP contribution in [0, 0.1) is 11.3 Å². The summed E-state index contributed by atoms with van der Waals surface area (Å²) in [6.07, 6.45) is -0.618. The summed E-state index contributed by atoms with van der Waals surface area (Å²) >= 11 is 0. The van der Waals surface area contributed by atoms with Crippen LogP contribution in [0.25, 0.3) is 22.2 Å². The monoisotopic (exact) mass is 263 g/mol. The number of imidazole rings is 1. The number of aromatic nitrogens is 2. The molecule has 0 aliphatic rings. The minimum absolute atomic E-state index is 0.558. The Labute approximate surface area is 116 Å². The second-order valence-electron chi connectivity index (χ2n) is 4.72. The van der Waals surface area contributed by atoms with E-state index in [0.29, 0.717) is 11.4 Å². The fourth-order valence-electron chi connectivity index (χ4n) is 2.18. The molecule has 0 aliphatic carbocycles. The number of aliphatic hydroxyl groups excluding tert-OH is 1. The SMILES string of the molecule is C[C@@H](O)c1nc2ccc(-c3cccc(C#N)c3)cc2[nH]1. The van der Waals surface area contributed by atoms with Gasteiger partial charge in [0.05, 0.1) is 22.7 Å². The average Bonchev–Trinajstić information content (AvgIpc) is 2.90. The van der Waals surface area contributed by atoms with E-state index in [1.54, 1.807) is 13.0 Å². The minimum Gasteiger partial charge on any atom is -0.385 e. The Morgan fingerprint density at radius 1 is 1.20 bits per heavy atom. The van der Waals surface area contributed by atoms with Gasteiger partial charge in [-0.25, -0.2) is 4.98 Å². The van der Waals surface area contributed by atoms with Crippen molar-refractivity contribution in [3.63, 3.8) is 0 Å². The number of aliphatic hydroxyl groups is 1. The number of aromatic amines is 1. The Bertz CT molecular complexity index is 812. The van der Waals surface area contributed by atoms with Crippen LogP contribution < -0.4 is 0 Å². The molecule has 3 rings (SSSR count). The topological polar surface area (TPSA) is 72.7 Å². The normalized spacial score (nSPS) is 12.2. The summed E-state index contributed by atoms with van der Waals surface area (Å²) in [6.45, 7) is 1.68. The van der Waals surface area contributed by atoms with Crippen molar-refractivity contribution in [2.75, 3.05) is 0 Å². The van der Waals surface area contributed by atoms with E-state index in [1.165, 1.54) is 0 Å². The molecule has 1 atom stereocenters. The van der Waals surface area contributed by atoms with Gasteiger partial charge >= 0.3 is 0 Å².